The Morgan fingerprint density at radius 1 is 1.00 bits per heavy atom. The molecule has 0 aliphatic carbocycles. The van der Waals surface area contributed by atoms with Gasteiger partial charge in [-0.3, -0.25) is 9.10 Å². The Hall–Kier alpha value is -3.65. The summed E-state index contributed by atoms with van der Waals surface area (Å²) in [7, 11) is -2.45. The molecule has 7 nitrogen and oxygen atoms in total. The number of hydrazone groups is 1. The summed E-state index contributed by atoms with van der Waals surface area (Å²) >= 11 is 0. The molecule has 0 aliphatic heterocycles. The van der Waals surface area contributed by atoms with Crippen molar-refractivity contribution in [1.29, 1.82) is 0 Å². The van der Waals surface area contributed by atoms with Crippen LogP contribution in [-0.4, -0.2) is 34.2 Å². The SMILES string of the molecule is CCc1ccc(/C=N\NC(=O)CN(c2ccc(OC)cc2)S(=O)(=O)c2ccccc2)cc1. The molecule has 166 valence electrons. The van der Waals surface area contributed by atoms with Gasteiger partial charge in [0.1, 0.15) is 12.3 Å². The normalized spacial score (nSPS) is 11.3. The number of methoxy groups -OCH3 is 1. The highest BCUT2D eigenvalue weighted by Gasteiger charge is 2.27. The topological polar surface area (TPSA) is 88.1 Å². The van der Waals surface area contributed by atoms with Crippen molar-refractivity contribution < 1.29 is 17.9 Å². The Labute approximate surface area is 188 Å². The quantitative estimate of drug-likeness (QED) is 0.398. The number of sulfonamides is 1. The summed E-state index contributed by atoms with van der Waals surface area (Å²) in [6, 6.07) is 22.2. The fraction of sp³-hybridized carbons (Fsp3) is 0.167. The van der Waals surface area contributed by atoms with Crippen LogP contribution in [0.2, 0.25) is 0 Å². The third kappa shape index (κ3) is 5.73. The molecule has 0 saturated carbocycles. The third-order valence-electron chi connectivity index (χ3n) is 4.77. The molecule has 0 unspecified atom stereocenters. The van der Waals surface area contributed by atoms with Crippen molar-refractivity contribution in [2.45, 2.75) is 18.2 Å². The number of ether oxygens (including phenoxy) is 1. The summed E-state index contributed by atoms with van der Waals surface area (Å²) in [5.74, 6) is 0.00991. The summed E-state index contributed by atoms with van der Waals surface area (Å²) < 4.78 is 32.7. The molecule has 3 aromatic rings. The molecule has 0 radical (unpaired) electrons. The van der Waals surface area contributed by atoms with Crippen molar-refractivity contribution in [1.82, 2.24) is 5.43 Å². The number of anilines is 1. The lowest BCUT2D eigenvalue weighted by Crippen LogP contribution is -2.39. The molecule has 1 amide bonds. The van der Waals surface area contributed by atoms with Crippen molar-refractivity contribution in [3.8, 4) is 5.75 Å². The summed E-state index contributed by atoms with van der Waals surface area (Å²) in [6.45, 7) is 1.64. The van der Waals surface area contributed by atoms with E-state index in [0.717, 1.165) is 16.3 Å². The average Bonchev–Trinajstić information content (AvgIpc) is 2.83. The zero-order valence-electron chi connectivity index (χ0n) is 17.9. The van der Waals surface area contributed by atoms with E-state index in [1.165, 1.54) is 31.0 Å². The lowest BCUT2D eigenvalue weighted by Gasteiger charge is -2.23. The molecule has 0 spiro atoms. The molecule has 0 bridgehead atoms. The molecule has 0 heterocycles. The zero-order chi connectivity index (χ0) is 23.0. The Morgan fingerprint density at radius 2 is 1.66 bits per heavy atom. The predicted molar refractivity (Wildman–Crippen MR) is 126 cm³/mol. The second-order valence-electron chi connectivity index (χ2n) is 6.91. The second kappa shape index (κ2) is 10.6. The van der Waals surface area contributed by atoms with E-state index in [2.05, 4.69) is 17.5 Å². The standard InChI is InChI=1S/C24H25N3O4S/c1-3-19-9-11-20(12-10-19)17-25-26-24(28)18-27(21-13-15-22(31-2)16-14-21)32(29,30)23-7-5-4-6-8-23/h4-17H,3,18H2,1-2H3,(H,26,28)/b25-17-. The highest BCUT2D eigenvalue weighted by Crippen LogP contribution is 2.25. The molecule has 32 heavy (non-hydrogen) atoms. The van der Waals surface area contributed by atoms with Crippen molar-refractivity contribution in [3.05, 3.63) is 90.0 Å². The van der Waals surface area contributed by atoms with Crippen LogP contribution >= 0.6 is 0 Å². The number of hydrogen-bond donors (Lipinski definition) is 1. The van der Waals surface area contributed by atoms with Gasteiger partial charge < -0.3 is 4.74 Å². The molecular formula is C24H25N3O4S. The van der Waals surface area contributed by atoms with Crippen LogP contribution in [-0.2, 0) is 21.2 Å². The lowest BCUT2D eigenvalue weighted by atomic mass is 10.1. The van der Waals surface area contributed by atoms with Gasteiger partial charge in [-0.2, -0.15) is 5.10 Å². The van der Waals surface area contributed by atoms with Crippen LogP contribution in [0.3, 0.4) is 0 Å². The number of amides is 1. The van der Waals surface area contributed by atoms with Crippen LogP contribution in [0.4, 0.5) is 5.69 Å². The van der Waals surface area contributed by atoms with E-state index in [1.54, 1.807) is 42.5 Å². The lowest BCUT2D eigenvalue weighted by molar-refractivity contribution is -0.119. The minimum absolute atomic E-state index is 0.0862. The summed E-state index contributed by atoms with van der Waals surface area (Å²) in [5, 5.41) is 3.96. The number of carbonyl (C=O) groups excluding carboxylic acids is 1. The number of carbonyl (C=O) groups is 1. The molecule has 3 rings (SSSR count). The molecule has 3 aromatic carbocycles. The van der Waals surface area contributed by atoms with Crippen LogP contribution in [0.15, 0.2) is 88.9 Å². The van der Waals surface area contributed by atoms with Gasteiger partial charge in [-0.25, -0.2) is 13.8 Å². The Balaban J connectivity index is 1.79. The molecule has 0 fully saturated rings. The minimum atomic E-state index is -3.97. The van der Waals surface area contributed by atoms with Crippen LogP contribution in [0.25, 0.3) is 0 Å². The van der Waals surface area contributed by atoms with Gasteiger partial charge in [-0.15, -0.1) is 0 Å². The highest BCUT2D eigenvalue weighted by molar-refractivity contribution is 7.92. The van der Waals surface area contributed by atoms with Gasteiger partial charge in [-0.1, -0.05) is 49.4 Å². The Morgan fingerprint density at radius 3 is 2.25 bits per heavy atom. The van der Waals surface area contributed by atoms with E-state index in [1.807, 2.05) is 24.3 Å². The first-order valence-electron chi connectivity index (χ1n) is 10.1. The first-order valence-corrected chi connectivity index (χ1v) is 11.5. The van der Waals surface area contributed by atoms with E-state index in [-0.39, 0.29) is 4.90 Å². The van der Waals surface area contributed by atoms with E-state index in [4.69, 9.17) is 4.74 Å². The molecule has 0 aromatic heterocycles. The van der Waals surface area contributed by atoms with Gasteiger partial charge in [0, 0.05) is 0 Å². The second-order valence-corrected chi connectivity index (χ2v) is 8.77. The number of nitrogens with one attached hydrogen (secondary N) is 1. The molecule has 8 heteroatoms. The highest BCUT2D eigenvalue weighted by atomic mass is 32.2. The predicted octanol–water partition coefficient (Wildman–Crippen LogP) is 3.60. The smallest absolute Gasteiger partial charge is 0.264 e. The van der Waals surface area contributed by atoms with Crippen molar-refractivity contribution in [2.24, 2.45) is 5.10 Å². The monoisotopic (exact) mass is 451 g/mol. The van der Waals surface area contributed by atoms with Crippen molar-refractivity contribution in [3.63, 3.8) is 0 Å². The van der Waals surface area contributed by atoms with Crippen LogP contribution in [0.5, 0.6) is 5.75 Å². The summed E-state index contributed by atoms with van der Waals surface area (Å²) in [4.78, 5) is 12.6. The molecule has 0 atom stereocenters. The van der Waals surface area contributed by atoms with Gasteiger partial charge in [0.2, 0.25) is 0 Å². The van der Waals surface area contributed by atoms with Crippen LogP contribution in [0.1, 0.15) is 18.1 Å². The van der Waals surface area contributed by atoms with Gasteiger partial charge in [-0.05, 0) is 53.9 Å². The fourth-order valence-corrected chi connectivity index (χ4v) is 4.41. The maximum atomic E-state index is 13.3. The van der Waals surface area contributed by atoms with Crippen molar-refractivity contribution >= 4 is 27.8 Å². The number of benzene rings is 3. The Bertz CT molecular complexity index is 1160. The van der Waals surface area contributed by atoms with Gasteiger partial charge >= 0.3 is 0 Å². The molecule has 0 saturated heterocycles. The van der Waals surface area contributed by atoms with Gasteiger partial charge in [0.25, 0.3) is 15.9 Å². The fourth-order valence-electron chi connectivity index (χ4n) is 2.97. The van der Waals surface area contributed by atoms with E-state index in [0.29, 0.717) is 11.4 Å². The summed E-state index contributed by atoms with van der Waals surface area (Å²) in [5.41, 5.74) is 4.77. The molecule has 1 N–H and O–H groups in total. The Kier molecular flexibility index (Phi) is 7.62. The maximum Gasteiger partial charge on any atom is 0.264 e. The zero-order valence-corrected chi connectivity index (χ0v) is 18.7. The van der Waals surface area contributed by atoms with Crippen molar-refractivity contribution in [2.75, 3.05) is 18.0 Å². The van der Waals surface area contributed by atoms with Gasteiger partial charge in [0.15, 0.2) is 0 Å². The number of rotatable bonds is 9. The first kappa shape index (κ1) is 23.0. The first-order chi connectivity index (χ1) is 15.4. The maximum absolute atomic E-state index is 13.3. The third-order valence-corrected chi connectivity index (χ3v) is 6.56. The van der Waals surface area contributed by atoms with Gasteiger partial charge in [0.05, 0.1) is 23.9 Å². The number of hydrogen-bond acceptors (Lipinski definition) is 5. The number of aryl methyl sites for hydroxylation is 1. The average molecular weight is 452 g/mol. The number of nitrogens with zero attached hydrogens (tertiary/aromatic N) is 2. The molecular weight excluding hydrogens is 426 g/mol. The van der Waals surface area contributed by atoms with E-state index in [9.17, 15) is 13.2 Å². The van der Waals surface area contributed by atoms with E-state index < -0.39 is 22.5 Å². The minimum Gasteiger partial charge on any atom is -0.497 e. The molecule has 0 aliphatic rings. The summed E-state index contributed by atoms with van der Waals surface area (Å²) in [6.07, 6.45) is 2.45. The van der Waals surface area contributed by atoms with E-state index >= 15 is 0 Å². The largest absolute Gasteiger partial charge is 0.497 e. The van der Waals surface area contributed by atoms with Crippen LogP contribution < -0.4 is 14.5 Å². The van der Waals surface area contributed by atoms with Crippen LogP contribution in [0, 0.1) is 0 Å².